The molecule has 31 heavy (non-hydrogen) atoms. The van der Waals surface area contributed by atoms with Crippen molar-refractivity contribution in [3.8, 4) is 22.8 Å². The van der Waals surface area contributed by atoms with E-state index in [4.69, 9.17) is 13.9 Å². The number of hydrazone groups is 1. The topological polar surface area (TPSA) is 99.4 Å². The van der Waals surface area contributed by atoms with Crippen LogP contribution in [0.25, 0.3) is 11.3 Å². The van der Waals surface area contributed by atoms with Crippen LogP contribution in [0.15, 0.2) is 64.1 Å². The molecular formula is C23H20N2O6. The fourth-order valence-corrected chi connectivity index (χ4v) is 3.06. The van der Waals surface area contributed by atoms with Crippen molar-refractivity contribution in [1.29, 1.82) is 0 Å². The van der Waals surface area contributed by atoms with E-state index >= 15 is 0 Å². The number of nitrogens with one attached hydrogen (secondary N) is 1. The summed E-state index contributed by atoms with van der Waals surface area (Å²) >= 11 is 0. The number of carbonyl (C=O) groups excluding carboxylic acids is 2. The summed E-state index contributed by atoms with van der Waals surface area (Å²) in [5, 5.41) is 3.95. The Balaban J connectivity index is 1.33. The van der Waals surface area contributed by atoms with Gasteiger partial charge in [0.05, 0.1) is 25.3 Å². The molecule has 158 valence electrons. The minimum atomic E-state index is -0.397. The Labute approximate surface area is 178 Å². The Bertz CT molecular complexity index is 1120. The Kier molecular flexibility index (Phi) is 5.98. The van der Waals surface area contributed by atoms with Crippen LogP contribution in [-0.2, 0) is 16.0 Å². The minimum Gasteiger partial charge on any atom is -0.486 e. The highest BCUT2D eigenvalue weighted by Gasteiger charge is 2.13. The summed E-state index contributed by atoms with van der Waals surface area (Å²) in [6.07, 6.45) is 1.58. The number of hydrogen-bond donors (Lipinski definition) is 1. The first-order valence-corrected chi connectivity index (χ1v) is 9.61. The SMILES string of the molecule is COC(=O)c1ccc(-c2ccc(/C=N\NC(=O)Cc3ccc4c(c3)OCCO4)o2)cc1. The molecule has 0 fully saturated rings. The van der Waals surface area contributed by atoms with E-state index in [9.17, 15) is 9.59 Å². The molecule has 0 aliphatic carbocycles. The van der Waals surface area contributed by atoms with Gasteiger partial charge in [-0.05, 0) is 42.0 Å². The molecule has 0 bridgehead atoms. The zero-order valence-corrected chi connectivity index (χ0v) is 16.8. The summed E-state index contributed by atoms with van der Waals surface area (Å²) < 4.78 is 21.4. The summed E-state index contributed by atoms with van der Waals surface area (Å²) in [5.74, 6) is 1.75. The van der Waals surface area contributed by atoms with Gasteiger partial charge < -0.3 is 18.6 Å². The average Bonchev–Trinajstić information content (AvgIpc) is 3.27. The van der Waals surface area contributed by atoms with Crippen molar-refractivity contribution in [2.45, 2.75) is 6.42 Å². The molecule has 0 unspecified atom stereocenters. The molecule has 8 heteroatoms. The fourth-order valence-electron chi connectivity index (χ4n) is 3.06. The Morgan fingerprint density at radius 1 is 1.03 bits per heavy atom. The third-order valence-corrected chi connectivity index (χ3v) is 4.57. The number of amides is 1. The van der Waals surface area contributed by atoms with Crippen molar-refractivity contribution in [3.63, 3.8) is 0 Å². The normalized spacial score (nSPS) is 12.5. The maximum absolute atomic E-state index is 12.1. The second-order valence-electron chi connectivity index (χ2n) is 6.72. The minimum absolute atomic E-state index is 0.157. The number of benzene rings is 2. The van der Waals surface area contributed by atoms with Gasteiger partial charge in [-0.3, -0.25) is 4.79 Å². The smallest absolute Gasteiger partial charge is 0.337 e. The van der Waals surface area contributed by atoms with Gasteiger partial charge in [0.2, 0.25) is 5.91 Å². The van der Waals surface area contributed by atoms with Crippen molar-refractivity contribution in [2.75, 3.05) is 20.3 Å². The molecular weight excluding hydrogens is 400 g/mol. The Morgan fingerprint density at radius 2 is 1.81 bits per heavy atom. The molecule has 2 aromatic carbocycles. The predicted octanol–water partition coefficient (Wildman–Crippen LogP) is 3.20. The largest absolute Gasteiger partial charge is 0.486 e. The first-order chi connectivity index (χ1) is 15.1. The lowest BCUT2D eigenvalue weighted by molar-refractivity contribution is -0.120. The van der Waals surface area contributed by atoms with Crippen molar-refractivity contribution in [3.05, 3.63) is 71.5 Å². The molecule has 1 aliphatic heterocycles. The van der Waals surface area contributed by atoms with E-state index in [0.717, 1.165) is 11.1 Å². The fraction of sp³-hybridized carbons (Fsp3) is 0.174. The molecule has 8 nitrogen and oxygen atoms in total. The van der Waals surface area contributed by atoms with Gasteiger partial charge in [0.1, 0.15) is 24.7 Å². The number of ether oxygens (including phenoxy) is 3. The van der Waals surface area contributed by atoms with E-state index in [0.29, 0.717) is 41.8 Å². The quantitative estimate of drug-likeness (QED) is 0.374. The highest BCUT2D eigenvalue weighted by atomic mass is 16.6. The van der Waals surface area contributed by atoms with Crippen LogP contribution in [0.3, 0.4) is 0 Å². The maximum atomic E-state index is 12.1. The highest BCUT2D eigenvalue weighted by molar-refractivity contribution is 5.90. The second-order valence-corrected chi connectivity index (χ2v) is 6.72. The van der Waals surface area contributed by atoms with Crippen LogP contribution in [0.2, 0.25) is 0 Å². The summed E-state index contributed by atoms with van der Waals surface area (Å²) in [5.41, 5.74) is 4.54. The van der Waals surface area contributed by atoms with E-state index in [1.807, 2.05) is 6.07 Å². The number of esters is 1. The highest BCUT2D eigenvalue weighted by Crippen LogP contribution is 2.30. The summed E-state index contributed by atoms with van der Waals surface area (Å²) in [7, 11) is 1.34. The van der Waals surface area contributed by atoms with Gasteiger partial charge in [0.25, 0.3) is 0 Å². The van der Waals surface area contributed by atoms with Gasteiger partial charge in [-0.1, -0.05) is 18.2 Å². The van der Waals surface area contributed by atoms with Crippen molar-refractivity contribution in [1.82, 2.24) is 5.43 Å². The molecule has 0 atom stereocenters. The first kappa shape index (κ1) is 20.2. The lowest BCUT2D eigenvalue weighted by Gasteiger charge is -2.18. The van der Waals surface area contributed by atoms with Crippen LogP contribution in [0.1, 0.15) is 21.7 Å². The molecule has 1 aliphatic rings. The van der Waals surface area contributed by atoms with Crippen LogP contribution < -0.4 is 14.9 Å². The second kappa shape index (κ2) is 9.17. The van der Waals surface area contributed by atoms with Gasteiger partial charge in [0, 0.05) is 5.56 Å². The van der Waals surface area contributed by atoms with Crippen molar-refractivity contribution in [2.24, 2.45) is 5.10 Å². The molecule has 0 saturated heterocycles. The molecule has 1 aromatic heterocycles. The van der Waals surface area contributed by atoms with Gasteiger partial charge in [-0.15, -0.1) is 0 Å². The lowest BCUT2D eigenvalue weighted by Crippen LogP contribution is -2.20. The van der Waals surface area contributed by atoms with E-state index in [-0.39, 0.29) is 12.3 Å². The van der Waals surface area contributed by atoms with Gasteiger partial charge >= 0.3 is 5.97 Å². The number of hydrogen-bond acceptors (Lipinski definition) is 7. The average molecular weight is 420 g/mol. The van der Waals surface area contributed by atoms with Crippen molar-refractivity contribution >= 4 is 18.1 Å². The predicted molar refractivity (Wildman–Crippen MR) is 112 cm³/mol. The van der Waals surface area contributed by atoms with Gasteiger partial charge in [-0.2, -0.15) is 5.10 Å². The van der Waals surface area contributed by atoms with E-state index in [1.165, 1.54) is 13.3 Å². The molecule has 4 rings (SSSR count). The molecule has 3 aromatic rings. The Hall–Kier alpha value is -4.07. The molecule has 0 spiro atoms. The van der Waals surface area contributed by atoms with Crippen LogP contribution in [0.4, 0.5) is 0 Å². The molecule has 0 radical (unpaired) electrons. The molecule has 1 N–H and O–H groups in total. The number of carbonyl (C=O) groups is 2. The maximum Gasteiger partial charge on any atom is 0.337 e. The molecule has 1 amide bonds. The number of furan rings is 1. The third-order valence-electron chi connectivity index (χ3n) is 4.57. The van der Waals surface area contributed by atoms with E-state index in [1.54, 1.807) is 48.5 Å². The number of rotatable bonds is 6. The Morgan fingerprint density at radius 3 is 2.58 bits per heavy atom. The first-order valence-electron chi connectivity index (χ1n) is 9.61. The summed E-state index contributed by atoms with van der Waals surface area (Å²) in [6, 6.07) is 15.8. The standard InChI is InChI=1S/C23H20N2O6/c1-28-23(27)17-5-3-16(4-6-17)19-9-7-18(31-19)14-24-25-22(26)13-15-2-8-20-21(12-15)30-11-10-29-20/h2-9,12,14H,10-11,13H2,1H3,(H,25,26)/b24-14-. The monoisotopic (exact) mass is 420 g/mol. The number of nitrogens with zero attached hydrogens (tertiary/aromatic N) is 1. The van der Waals surface area contributed by atoms with Crippen LogP contribution in [-0.4, -0.2) is 38.4 Å². The van der Waals surface area contributed by atoms with E-state index < -0.39 is 5.97 Å². The number of methoxy groups -OCH3 is 1. The van der Waals surface area contributed by atoms with Crippen molar-refractivity contribution < 1.29 is 28.2 Å². The van der Waals surface area contributed by atoms with Gasteiger partial charge in [-0.25, -0.2) is 10.2 Å². The van der Waals surface area contributed by atoms with Crippen LogP contribution in [0.5, 0.6) is 11.5 Å². The lowest BCUT2D eigenvalue weighted by atomic mass is 10.1. The zero-order chi connectivity index (χ0) is 21.6. The van der Waals surface area contributed by atoms with Crippen LogP contribution >= 0.6 is 0 Å². The van der Waals surface area contributed by atoms with Crippen LogP contribution in [0, 0.1) is 0 Å². The van der Waals surface area contributed by atoms with Gasteiger partial charge in [0.15, 0.2) is 11.5 Å². The summed E-state index contributed by atoms with van der Waals surface area (Å²) in [6.45, 7) is 1.02. The zero-order valence-electron chi connectivity index (χ0n) is 16.8. The van der Waals surface area contributed by atoms with E-state index in [2.05, 4.69) is 15.3 Å². The third kappa shape index (κ3) is 4.92. The number of fused-ring (bicyclic) bond motifs is 1. The molecule has 0 saturated carbocycles. The summed E-state index contributed by atoms with van der Waals surface area (Å²) in [4.78, 5) is 23.7. The molecule has 2 heterocycles.